The maximum Gasteiger partial charge on any atom is 0.321 e. The van der Waals surface area contributed by atoms with E-state index in [4.69, 9.17) is 4.74 Å². The van der Waals surface area contributed by atoms with E-state index in [-0.39, 0.29) is 35.9 Å². The number of alkyl halides is 4. The number of aromatic nitrogens is 3. The maximum absolute atomic E-state index is 14.9. The number of amides is 3. The van der Waals surface area contributed by atoms with Crippen molar-refractivity contribution < 1.29 is 36.3 Å². The Labute approximate surface area is 193 Å². The zero-order valence-electron chi connectivity index (χ0n) is 17.7. The summed E-state index contributed by atoms with van der Waals surface area (Å²) in [5.41, 5.74) is -0.248. The predicted molar refractivity (Wildman–Crippen MR) is 110 cm³/mol. The second kappa shape index (κ2) is 8.36. The molecule has 9 nitrogen and oxygen atoms in total. The average Bonchev–Trinajstić information content (AvgIpc) is 3.38. The average molecular weight is 496 g/mol. The van der Waals surface area contributed by atoms with Crippen LogP contribution < -0.4 is 20.3 Å². The number of nitrogens with one attached hydrogen (secondary N) is 2. The Morgan fingerprint density at radius 2 is 2.00 bits per heavy atom. The van der Waals surface area contributed by atoms with Crippen molar-refractivity contribution >= 4 is 23.3 Å². The molecule has 0 aliphatic carbocycles. The van der Waals surface area contributed by atoms with Gasteiger partial charge in [0.25, 0.3) is 6.43 Å². The molecule has 2 aromatic heterocycles. The van der Waals surface area contributed by atoms with Crippen LogP contribution in [-0.2, 0) is 4.79 Å². The highest BCUT2D eigenvalue weighted by molar-refractivity contribution is 6.00. The summed E-state index contributed by atoms with van der Waals surface area (Å²) >= 11 is 0. The lowest BCUT2D eigenvalue weighted by molar-refractivity contribution is -0.122. The summed E-state index contributed by atoms with van der Waals surface area (Å²) in [6, 6.07) is 3.23. The van der Waals surface area contributed by atoms with Crippen molar-refractivity contribution in [1.82, 2.24) is 25.2 Å². The Balaban J connectivity index is 1.45. The molecule has 2 aliphatic heterocycles. The Morgan fingerprint density at radius 3 is 2.74 bits per heavy atom. The summed E-state index contributed by atoms with van der Waals surface area (Å²) in [7, 11) is 0. The minimum Gasteiger partial charge on any atom is -0.482 e. The summed E-state index contributed by atoms with van der Waals surface area (Å²) in [6.45, 7) is -1.18. The Kier molecular flexibility index (Phi) is 5.44. The van der Waals surface area contributed by atoms with Gasteiger partial charge in [-0.2, -0.15) is 5.10 Å². The Hall–Kier alpha value is -3.97. The first-order valence-corrected chi connectivity index (χ1v) is 10.4. The molecule has 2 aliphatic rings. The Bertz CT molecular complexity index is 1320. The zero-order chi connectivity index (χ0) is 24.9. The minimum atomic E-state index is -3.40. The van der Waals surface area contributed by atoms with Crippen molar-refractivity contribution in [2.24, 2.45) is 0 Å². The third kappa shape index (κ3) is 4.19. The van der Waals surface area contributed by atoms with E-state index in [1.54, 1.807) is 0 Å². The van der Waals surface area contributed by atoms with E-state index in [2.05, 4.69) is 20.7 Å². The molecular formula is C21H17F5N6O3. The first-order chi connectivity index (χ1) is 16.6. The van der Waals surface area contributed by atoms with Gasteiger partial charge >= 0.3 is 12.0 Å². The van der Waals surface area contributed by atoms with Gasteiger partial charge in [-0.25, -0.2) is 36.2 Å². The van der Waals surface area contributed by atoms with E-state index >= 15 is 0 Å². The van der Waals surface area contributed by atoms with Gasteiger partial charge in [0.2, 0.25) is 5.91 Å². The number of hydrogen-bond donors (Lipinski definition) is 2. The van der Waals surface area contributed by atoms with Crippen LogP contribution >= 0.6 is 0 Å². The molecule has 0 spiro atoms. The number of imidazole rings is 1. The van der Waals surface area contributed by atoms with Gasteiger partial charge in [-0.05, 0) is 24.3 Å². The van der Waals surface area contributed by atoms with Gasteiger partial charge in [-0.15, -0.1) is 0 Å². The van der Waals surface area contributed by atoms with Crippen LogP contribution in [0.2, 0.25) is 0 Å². The number of nitrogens with zero attached hydrogens (tertiary/aromatic N) is 4. The summed E-state index contributed by atoms with van der Waals surface area (Å²) in [5, 5.41) is 8.94. The van der Waals surface area contributed by atoms with Gasteiger partial charge < -0.3 is 15.0 Å². The molecule has 14 heteroatoms. The molecule has 2 atom stereocenters. The van der Waals surface area contributed by atoms with Crippen LogP contribution in [0, 0.1) is 5.82 Å². The van der Waals surface area contributed by atoms with Gasteiger partial charge in [0, 0.05) is 18.9 Å². The molecule has 5 rings (SSSR count). The fraction of sp³-hybridized carbons (Fsp3) is 0.333. The number of anilines is 1. The summed E-state index contributed by atoms with van der Waals surface area (Å²) in [6.07, 6.45) is -1.98. The second-order valence-corrected chi connectivity index (χ2v) is 8.13. The summed E-state index contributed by atoms with van der Waals surface area (Å²) in [5.74, 6) is -6.33. The normalized spacial score (nSPS) is 21.9. The number of imide groups is 1. The van der Waals surface area contributed by atoms with Crippen LogP contribution in [0.15, 0.2) is 36.7 Å². The Morgan fingerprint density at radius 1 is 1.20 bits per heavy atom. The van der Waals surface area contributed by atoms with Gasteiger partial charge in [-0.3, -0.25) is 10.1 Å². The van der Waals surface area contributed by atoms with E-state index in [0.29, 0.717) is 6.07 Å². The maximum atomic E-state index is 14.9. The summed E-state index contributed by atoms with van der Waals surface area (Å²) in [4.78, 5) is 29.1. The number of carbonyl (C=O) groups excluding carboxylic acids is 2. The highest BCUT2D eigenvalue weighted by Crippen LogP contribution is 2.37. The number of hydrogen-bond acceptors (Lipinski definition) is 6. The number of ether oxygens (including phenoxy) is 1. The molecule has 2 saturated heterocycles. The SMILES string of the molecule is O=C1NCC(c2cc(N3C[C@H](Oc4ccc(F)c(C(F)F)c4)C(F)(F)C3)c3nccn3n2)C(=O)N1. The molecule has 1 unspecified atom stereocenters. The lowest BCUT2D eigenvalue weighted by Crippen LogP contribution is -2.51. The zero-order valence-corrected chi connectivity index (χ0v) is 17.7. The largest absolute Gasteiger partial charge is 0.482 e. The lowest BCUT2D eigenvalue weighted by Gasteiger charge is -2.24. The molecule has 2 fully saturated rings. The van der Waals surface area contributed by atoms with Crippen molar-refractivity contribution in [3.05, 3.63) is 53.7 Å². The molecule has 184 valence electrons. The number of urea groups is 1. The standard InChI is InChI=1S/C21H17F5N6O3/c22-13-2-1-10(5-11(13)17(23)24)35-16-8-31(9-21(16,25)26)15-6-14(30-32-4-3-27-18(15)32)12-7-28-20(34)29-19(12)33/h1-6,12,16-17H,7-9H2,(H2,28,29,33,34)/t12?,16-/m0/s1. The van der Waals surface area contributed by atoms with Crippen LogP contribution in [0.25, 0.3) is 5.65 Å². The molecule has 3 amide bonds. The second-order valence-electron chi connectivity index (χ2n) is 8.13. The smallest absolute Gasteiger partial charge is 0.321 e. The number of halogens is 5. The van der Waals surface area contributed by atoms with Crippen LogP contribution in [0.4, 0.5) is 32.4 Å². The lowest BCUT2D eigenvalue weighted by atomic mass is 10.0. The first-order valence-electron chi connectivity index (χ1n) is 10.4. The molecule has 1 aromatic carbocycles. The van der Waals surface area contributed by atoms with E-state index in [0.717, 1.165) is 12.1 Å². The van der Waals surface area contributed by atoms with Crippen molar-refractivity contribution in [1.29, 1.82) is 0 Å². The van der Waals surface area contributed by atoms with Crippen molar-refractivity contribution in [3.8, 4) is 5.75 Å². The molecule has 35 heavy (non-hydrogen) atoms. The van der Waals surface area contributed by atoms with Gasteiger partial charge in [0.05, 0.1) is 36.0 Å². The molecule has 0 radical (unpaired) electrons. The van der Waals surface area contributed by atoms with Crippen LogP contribution in [0.3, 0.4) is 0 Å². The monoisotopic (exact) mass is 496 g/mol. The van der Waals surface area contributed by atoms with Crippen LogP contribution in [0.1, 0.15) is 23.6 Å². The van der Waals surface area contributed by atoms with Crippen molar-refractivity contribution in [2.75, 3.05) is 24.5 Å². The summed E-state index contributed by atoms with van der Waals surface area (Å²) < 4.78 is 76.0. The van der Waals surface area contributed by atoms with Crippen LogP contribution in [-0.4, -0.2) is 58.2 Å². The van der Waals surface area contributed by atoms with Gasteiger partial charge in [0.1, 0.15) is 11.6 Å². The highest BCUT2D eigenvalue weighted by Gasteiger charge is 2.51. The van der Waals surface area contributed by atoms with Gasteiger partial charge in [-0.1, -0.05) is 0 Å². The number of benzene rings is 1. The van der Waals surface area contributed by atoms with Crippen LogP contribution in [0.5, 0.6) is 5.75 Å². The van der Waals surface area contributed by atoms with Gasteiger partial charge in [0.15, 0.2) is 11.8 Å². The fourth-order valence-electron chi connectivity index (χ4n) is 4.08. The van der Waals surface area contributed by atoms with Crippen molar-refractivity contribution in [2.45, 2.75) is 24.4 Å². The molecule has 3 aromatic rings. The van der Waals surface area contributed by atoms with E-state index < -0.39 is 54.2 Å². The van der Waals surface area contributed by atoms with E-state index in [9.17, 15) is 31.5 Å². The number of carbonyl (C=O) groups is 2. The third-order valence-corrected chi connectivity index (χ3v) is 5.82. The van der Waals surface area contributed by atoms with E-state index in [1.807, 2.05) is 0 Å². The highest BCUT2D eigenvalue weighted by atomic mass is 19.3. The number of rotatable bonds is 5. The molecule has 4 heterocycles. The first kappa shape index (κ1) is 22.8. The van der Waals surface area contributed by atoms with Crippen molar-refractivity contribution in [3.63, 3.8) is 0 Å². The van der Waals surface area contributed by atoms with E-state index in [1.165, 1.54) is 27.9 Å². The molecular weight excluding hydrogens is 479 g/mol. The number of fused-ring (bicyclic) bond motifs is 1. The quantitative estimate of drug-likeness (QED) is 0.527. The molecule has 2 N–H and O–H groups in total. The predicted octanol–water partition coefficient (Wildman–Crippen LogP) is 2.63. The topological polar surface area (TPSA) is 101 Å². The third-order valence-electron chi connectivity index (χ3n) is 5.82. The fourth-order valence-corrected chi connectivity index (χ4v) is 4.08. The molecule has 0 bridgehead atoms. The molecule has 0 saturated carbocycles. The minimum absolute atomic E-state index is 0.0315.